The van der Waals surface area contributed by atoms with Gasteiger partial charge in [-0.05, 0) is 0 Å². The van der Waals surface area contributed by atoms with Gasteiger partial charge in [0, 0.05) is 0 Å². The predicted molar refractivity (Wildman–Crippen MR) is 155 cm³/mol. The van der Waals surface area contributed by atoms with E-state index in [4.69, 9.17) is 0 Å². The van der Waals surface area contributed by atoms with Crippen LogP contribution in [-0.4, -0.2) is 75.5 Å². The fourth-order valence-electron chi connectivity index (χ4n) is 6.77. The maximum Gasteiger partial charge on any atom is 8.00 e. The summed E-state index contributed by atoms with van der Waals surface area (Å²) in [5.74, 6) is 0. The summed E-state index contributed by atoms with van der Waals surface area (Å²) < 4.78 is 0. The molecule has 0 N–H and O–H groups in total. The number of hydrogen-bond acceptors (Lipinski definition) is 0. The Balaban J connectivity index is 0.000000195. The number of halogens is 1. The molecule has 0 aromatic carbocycles. The Morgan fingerprint density at radius 2 is 0.421 bits per heavy atom. The van der Waals surface area contributed by atoms with E-state index in [0.717, 1.165) is 39.3 Å². The van der Waals surface area contributed by atoms with Crippen molar-refractivity contribution in [3.8, 4) is 0 Å². The third-order valence-electron chi connectivity index (χ3n) is 8.96. The normalized spacial score (nSPS) is 36.0. The zero-order chi connectivity index (χ0) is 24.7. The molecule has 6 rings (SSSR count). The Hall–Kier alpha value is 0.673. The fraction of sp³-hybridized carbons (Fsp3) is 1.00. The second-order valence-electron chi connectivity index (χ2n) is 11.8. The summed E-state index contributed by atoms with van der Waals surface area (Å²) in [5, 5.41) is 28.0. The minimum atomic E-state index is 0. The quantitative estimate of drug-likeness (QED) is 0.367. The third kappa shape index (κ3) is 12.7. The van der Waals surface area contributed by atoms with Crippen molar-refractivity contribution in [1.29, 1.82) is 0 Å². The summed E-state index contributed by atoms with van der Waals surface area (Å²) in [4.78, 5) is 0. The zero-order valence-electron chi connectivity index (χ0n) is 23.8. The average Bonchev–Trinajstić information content (AvgIpc) is 3.01. The molecular weight excluding hydrogens is 581 g/mol. The summed E-state index contributed by atoms with van der Waals surface area (Å²) in [7, 11) is 0. The minimum absolute atomic E-state index is 0. The van der Waals surface area contributed by atoms with Crippen molar-refractivity contribution in [2.75, 3.05) is 39.3 Å². The summed E-state index contributed by atoms with van der Waals surface area (Å²) in [6.45, 7) is 6.56. The molecule has 0 aromatic heterocycles. The summed E-state index contributed by atoms with van der Waals surface area (Å²) >= 11 is 0. The van der Waals surface area contributed by atoms with Crippen LogP contribution in [0.1, 0.15) is 116 Å². The van der Waals surface area contributed by atoms with Crippen LogP contribution in [0.5, 0.6) is 0 Å². The molecule has 6 heterocycles. The molecule has 6 atom stereocenters. The topological polar surface area (TPSA) is 84.6 Å². The van der Waals surface area contributed by atoms with Crippen LogP contribution < -0.4 is 12.4 Å². The van der Waals surface area contributed by atoms with E-state index in [1.807, 2.05) is 0 Å². The van der Waals surface area contributed by atoms with Crippen LogP contribution in [0, 0.1) is 0 Å². The van der Waals surface area contributed by atoms with Gasteiger partial charge in [-0.25, -0.2) is 0 Å². The number of nitrogens with zero attached hydrogens (tertiary/aromatic N) is 6. The van der Waals surface area contributed by atoms with Gasteiger partial charge in [0.15, 0.2) is 0 Å². The van der Waals surface area contributed by atoms with Crippen LogP contribution in [-0.2, 0) is 19.5 Å². The Morgan fingerprint density at radius 3 is 0.526 bits per heavy atom. The molecule has 8 heteroatoms. The largest absolute Gasteiger partial charge is 8.00 e. The number of hydrogen-bond donors (Lipinski definition) is 0. The van der Waals surface area contributed by atoms with Crippen molar-refractivity contribution >= 4 is 0 Å². The maximum absolute atomic E-state index is 4.66. The summed E-state index contributed by atoms with van der Waals surface area (Å²) in [6.07, 6.45) is 23.9. The van der Waals surface area contributed by atoms with Gasteiger partial charge in [0.25, 0.3) is 0 Å². The SMILES string of the molecule is C1CCC(C2CCCC[N-]2)[N-]C1.C1CCC(C2CCCC[N-]2)[N-]C1.C1CCC(C2CCCC[N-]2)[N-]C1.[Cl-].[Ru+8]. The van der Waals surface area contributed by atoms with E-state index >= 15 is 0 Å². The van der Waals surface area contributed by atoms with Crippen LogP contribution in [0.15, 0.2) is 0 Å². The first-order valence-electron chi connectivity index (χ1n) is 15.9. The Morgan fingerprint density at radius 1 is 0.263 bits per heavy atom. The molecule has 0 saturated carbocycles. The first-order valence-corrected chi connectivity index (χ1v) is 15.9. The molecule has 0 radical (unpaired) electrons. The molecule has 0 spiro atoms. The van der Waals surface area contributed by atoms with E-state index in [2.05, 4.69) is 31.9 Å². The molecule has 6 unspecified atom stereocenters. The van der Waals surface area contributed by atoms with Gasteiger partial charge in [0.05, 0.1) is 0 Å². The first kappa shape index (κ1) is 34.9. The van der Waals surface area contributed by atoms with Crippen molar-refractivity contribution in [1.82, 2.24) is 0 Å². The van der Waals surface area contributed by atoms with Gasteiger partial charge < -0.3 is 44.3 Å². The molecule has 6 saturated heterocycles. The van der Waals surface area contributed by atoms with Gasteiger partial charge in [-0.15, -0.1) is 39.3 Å². The zero-order valence-corrected chi connectivity index (χ0v) is 26.3. The molecule has 0 aromatic rings. The average molecular weight is 635 g/mol. The van der Waals surface area contributed by atoms with Gasteiger partial charge in [0.1, 0.15) is 0 Å². The van der Waals surface area contributed by atoms with Gasteiger partial charge >= 0.3 is 19.5 Å². The van der Waals surface area contributed by atoms with Crippen LogP contribution in [0.25, 0.3) is 31.9 Å². The Labute approximate surface area is 254 Å². The van der Waals surface area contributed by atoms with Gasteiger partial charge in [-0.1, -0.05) is 116 Å². The maximum atomic E-state index is 4.66. The molecule has 6 fully saturated rings. The minimum Gasteiger partial charge on any atom is -1.00 e. The monoisotopic (exact) mass is 635 g/mol. The van der Waals surface area contributed by atoms with E-state index in [-0.39, 0.29) is 31.9 Å². The van der Waals surface area contributed by atoms with Crippen LogP contribution in [0.4, 0.5) is 0 Å². The van der Waals surface area contributed by atoms with Crippen molar-refractivity contribution in [3.05, 3.63) is 31.9 Å². The summed E-state index contributed by atoms with van der Waals surface area (Å²) in [6, 6.07) is 3.58. The number of rotatable bonds is 3. The van der Waals surface area contributed by atoms with Crippen LogP contribution in [0.2, 0.25) is 0 Å². The van der Waals surface area contributed by atoms with E-state index in [1.165, 1.54) is 116 Å². The Kier molecular flexibility index (Phi) is 19.6. The molecule has 6 aliphatic rings. The first-order chi connectivity index (χ1) is 17.9. The van der Waals surface area contributed by atoms with E-state index in [0.29, 0.717) is 36.3 Å². The second-order valence-corrected chi connectivity index (χ2v) is 11.8. The van der Waals surface area contributed by atoms with Crippen molar-refractivity contribution < 1.29 is 31.9 Å². The molecule has 0 amide bonds. The molecular formula is C30H54ClN6Ru+. The molecule has 0 bridgehead atoms. The number of piperidine rings is 6. The fourth-order valence-corrected chi connectivity index (χ4v) is 6.77. The van der Waals surface area contributed by atoms with E-state index in [1.54, 1.807) is 0 Å². The molecule has 38 heavy (non-hydrogen) atoms. The van der Waals surface area contributed by atoms with E-state index in [9.17, 15) is 0 Å². The van der Waals surface area contributed by atoms with Gasteiger partial charge in [-0.2, -0.15) is 36.3 Å². The van der Waals surface area contributed by atoms with E-state index < -0.39 is 0 Å². The smallest absolute Gasteiger partial charge is 1.00 e. The Bertz CT molecular complexity index is 413. The summed E-state index contributed by atoms with van der Waals surface area (Å²) in [5.41, 5.74) is 0. The molecule has 218 valence electrons. The molecule has 0 aliphatic carbocycles. The van der Waals surface area contributed by atoms with Crippen molar-refractivity contribution in [2.45, 2.75) is 152 Å². The third-order valence-corrected chi connectivity index (χ3v) is 8.96. The second kappa shape index (κ2) is 21.4. The van der Waals surface area contributed by atoms with Gasteiger partial charge in [0.2, 0.25) is 0 Å². The van der Waals surface area contributed by atoms with Crippen LogP contribution >= 0.6 is 0 Å². The molecule has 6 aliphatic heterocycles. The predicted octanol–water partition coefficient (Wildman–Crippen LogP) is 5.52. The standard InChI is InChI=1S/3C10H18N2.ClH.Ru/c3*1-3-7-11-9(5-1)10-6-2-4-8-12-10;;/h3*9-10H,1-8H2;1H;/q3*-2;;+8/p-1. The van der Waals surface area contributed by atoms with Crippen molar-refractivity contribution in [2.24, 2.45) is 0 Å². The molecule has 6 nitrogen and oxygen atoms in total. The van der Waals surface area contributed by atoms with Crippen molar-refractivity contribution in [3.63, 3.8) is 0 Å². The van der Waals surface area contributed by atoms with Crippen LogP contribution in [0.3, 0.4) is 0 Å². The van der Waals surface area contributed by atoms with Gasteiger partial charge in [-0.3, -0.25) is 0 Å².